The first-order valence-electron chi connectivity index (χ1n) is 13.9. The van der Waals surface area contributed by atoms with Crippen molar-refractivity contribution in [2.24, 2.45) is 35.0 Å². The van der Waals surface area contributed by atoms with Gasteiger partial charge in [0.25, 0.3) is 0 Å². The molecular weight excluding hydrogens is 388 g/mol. The number of hydrogen-bond donors (Lipinski definition) is 0. The van der Waals surface area contributed by atoms with Crippen LogP contribution in [0.15, 0.2) is 18.2 Å². The Bertz CT molecular complexity index is 845. The number of rotatable bonds is 2. The van der Waals surface area contributed by atoms with Gasteiger partial charge < -0.3 is 9.80 Å². The van der Waals surface area contributed by atoms with E-state index in [0.717, 1.165) is 48.1 Å². The largest absolute Gasteiger partial charge is 0.306 e. The summed E-state index contributed by atoms with van der Waals surface area (Å²) in [6, 6.07) is 8.51. The molecule has 1 heterocycles. The summed E-state index contributed by atoms with van der Waals surface area (Å²) in [5, 5.41) is 0. The second kappa shape index (κ2) is 8.12. The maximum atomic E-state index is 2.71. The van der Waals surface area contributed by atoms with Crippen molar-refractivity contribution >= 4 is 0 Å². The van der Waals surface area contributed by atoms with Crippen LogP contribution in [0.4, 0.5) is 0 Å². The Morgan fingerprint density at radius 2 is 1.75 bits per heavy atom. The Balaban J connectivity index is 1.22. The zero-order valence-corrected chi connectivity index (χ0v) is 21.2. The van der Waals surface area contributed by atoms with Gasteiger partial charge in [-0.05, 0) is 143 Å². The number of nitrogens with zero attached hydrogens (tertiary/aromatic N) is 2. The highest BCUT2D eigenvalue weighted by molar-refractivity contribution is 5.37. The zero-order valence-electron chi connectivity index (χ0n) is 21.2. The average Bonchev–Trinajstić information content (AvgIpc) is 3.15. The molecular formula is C30H46N2. The highest BCUT2D eigenvalue weighted by Gasteiger charge is 2.57. The lowest BCUT2D eigenvalue weighted by molar-refractivity contribution is -0.0624. The van der Waals surface area contributed by atoms with Gasteiger partial charge in [-0.25, -0.2) is 0 Å². The monoisotopic (exact) mass is 434 g/mol. The van der Waals surface area contributed by atoms with E-state index in [1.54, 1.807) is 16.7 Å². The summed E-state index contributed by atoms with van der Waals surface area (Å²) in [6.07, 6.45) is 14.7. The van der Waals surface area contributed by atoms with Crippen molar-refractivity contribution in [3.05, 3.63) is 34.9 Å². The summed E-state index contributed by atoms with van der Waals surface area (Å²) in [5.74, 6) is 5.93. The number of likely N-dealkylation sites (N-methyl/N-ethyl adjacent to an activating group) is 1. The Hall–Kier alpha value is -0.860. The van der Waals surface area contributed by atoms with Gasteiger partial charge in [0.2, 0.25) is 0 Å². The van der Waals surface area contributed by atoms with Crippen LogP contribution in [0.25, 0.3) is 0 Å². The van der Waals surface area contributed by atoms with Crippen LogP contribution >= 0.6 is 0 Å². The summed E-state index contributed by atoms with van der Waals surface area (Å²) < 4.78 is 0. The molecule has 0 aromatic heterocycles. The van der Waals surface area contributed by atoms with Gasteiger partial charge in [0.15, 0.2) is 0 Å². The molecule has 0 N–H and O–H groups in total. The summed E-state index contributed by atoms with van der Waals surface area (Å²) in [4.78, 5) is 5.01. The molecule has 0 saturated heterocycles. The lowest BCUT2D eigenvalue weighted by Gasteiger charge is -2.56. The molecule has 5 aliphatic rings. The zero-order chi connectivity index (χ0) is 22.0. The predicted octanol–water partition coefficient (Wildman–Crippen LogP) is 6.34. The van der Waals surface area contributed by atoms with E-state index in [1.807, 2.05) is 0 Å². The molecule has 1 aromatic carbocycles. The summed E-state index contributed by atoms with van der Waals surface area (Å²) in [5.41, 5.74) is 5.46. The molecule has 0 radical (unpaired) electrons. The van der Waals surface area contributed by atoms with E-state index >= 15 is 0 Å². The number of fused-ring (bicyclic) bond motifs is 6. The molecule has 4 aliphatic carbocycles. The van der Waals surface area contributed by atoms with Crippen LogP contribution < -0.4 is 0 Å². The average molecular weight is 435 g/mol. The van der Waals surface area contributed by atoms with Gasteiger partial charge in [-0.3, -0.25) is 0 Å². The summed E-state index contributed by atoms with van der Waals surface area (Å²) in [6.45, 7) is 5.08. The maximum absolute atomic E-state index is 2.71. The van der Waals surface area contributed by atoms with Crippen LogP contribution in [0.5, 0.6) is 0 Å². The third-order valence-corrected chi connectivity index (χ3v) is 11.5. The fourth-order valence-corrected chi connectivity index (χ4v) is 9.78. The molecule has 1 aliphatic heterocycles. The fourth-order valence-electron chi connectivity index (χ4n) is 9.78. The minimum atomic E-state index is 0.545. The smallest absolute Gasteiger partial charge is 0.0233 e. The van der Waals surface area contributed by atoms with Crippen molar-refractivity contribution in [1.29, 1.82) is 0 Å². The van der Waals surface area contributed by atoms with E-state index in [4.69, 9.17) is 0 Å². The molecule has 2 heteroatoms. The Labute approximate surface area is 197 Å². The van der Waals surface area contributed by atoms with E-state index in [1.165, 1.54) is 70.8 Å². The molecule has 0 amide bonds. The molecule has 4 saturated carbocycles. The maximum Gasteiger partial charge on any atom is 0.0233 e. The lowest BCUT2D eigenvalue weighted by atomic mass is 9.49. The topological polar surface area (TPSA) is 6.48 Å². The van der Waals surface area contributed by atoms with Crippen LogP contribution in [-0.4, -0.2) is 43.5 Å². The predicted molar refractivity (Wildman–Crippen MR) is 134 cm³/mol. The Kier molecular flexibility index (Phi) is 5.50. The van der Waals surface area contributed by atoms with Crippen LogP contribution in [0, 0.1) is 35.0 Å². The van der Waals surface area contributed by atoms with Gasteiger partial charge in [-0.15, -0.1) is 0 Å². The van der Waals surface area contributed by atoms with Crippen LogP contribution in [-0.2, 0) is 13.0 Å². The third-order valence-electron chi connectivity index (χ3n) is 11.5. The molecule has 1 aromatic rings. The fraction of sp³-hybridized carbons (Fsp3) is 0.800. The first kappa shape index (κ1) is 21.7. The molecule has 0 unspecified atom stereocenters. The van der Waals surface area contributed by atoms with Crippen molar-refractivity contribution in [3.63, 3.8) is 0 Å². The van der Waals surface area contributed by atoms with Crippen molar-refractivity contribution < 1.29 is 0 Å². The third kappa shape index (κ3) is 3.42. The number of hydrogen-bond acceptors (Lipinski definition) is 2. The Morgan fingerprint density at radius 1 is 0.906 bits per heavy atom. The molecule has 176 valence electrons. The van der Waals surface area contributed by atoms with Crippen molar-refractivity contribution in [1.82, 2.24) is 9.80 Å². The van der Waals surface area contributed by atoms with E-state index in [-0.39, 0.29) is 0 Å². The molecule has 4 fully saturated rings. The second-order valence-electron chi connectivity index (χ2n) is 13.1. The first-order chi connectivity index (χ1) is 15.4. The molecule has 0 bridgehead atoms. The minimum Gasteiger partial charge on any atom is -0.306 e. The van der Waals surface area contributed by atoms with Crippen molar-refractivity contribution in [2.45, 2.75) is 89.6 Å². The van der Waals surface area contributed by atoms with Gasteiger partial charge >= 0.3 is 0 Å². The Morgan fingerprint density at radius 3 is 2.59 bits per heavy atom. The van der Waals surface area contributed by atoms with Crippen LogP contribution in [0.3, 0.4) is 0 Å². The van der Waals surface area contributed by atoms with E-state index < -0.39 is 0 Å². The van der Waals surface area contributed by atoms with Crippen LogP contribution in [0.2, 0.25) is 0 Å². The van der Waals surface area contributed by atoms with E-state index in [2.05, 4.69) is 56.1 Å². The van der Waals surface area contributed by atoms with Gasteiger partial charge in [0, 0.05) is 19.1 Å². The van der Waals surface area contributed by atoms with Gasteiger partial charge in [-0.1, -0.05) is 25.1 Å². The van der Waals surface area contributed by atoms with Gasteiger partial charge in [0.05, 0.1) is 0 Å². The minimum absolute atomic E-state index is 0.545. The van der Waals surface area contributed by atoms with Gasteiger partial charge in [0.1, 0.15) is 0 Å². The summed E-state index contributed by atoms with van der Waals surface area (Å²) in [7, 11) is 6.90. The van der Waals surface area contributed by atoms with Crippen molar-refractivity contribution in [3.8, 4) is 0 Å². The summed E-state index contributed by atoms with van der Waals surface area (Å²) >= 11 is 0. The highest BCUT2D eigenvalue weighted by atomic mass is 15.1. The van der Waals surface area contributed by atoms with Crippen molar-refractivity contribution in [2.75, 3.05) is 27.7 Å². The number of benzene rings is 1. The normalized spacial score (nSPS) is 44.0. The molecule has 0 spiro atoms. The standard InChI is InChI=1S/C30H46N2/c1-30-15-13-26-25-10-8-24(31(2)3)18-21(25)7-9-27(26)29(30)12-11-28(30)22-6-5-20-14-16-32(4)19-23(20)17-22/h5-6,17,21,24-29H,7-16,18-19H2,1-4H3/t21-,24-,25-,26+,27+,28+,29-,30+/m0/s1. The van der Waals surface area contributed by atoms with E-state index in [0.29, 0.717) is 5.41 Å². The first-order valence-corrected chi connectivity index (χ1v) is 13.9. The molecule has 8 atom stereocenters. The van der Waals surface area contributed by atoms with Gasteiger partial charge in [-0.2, -0.15) is 0 Å². The van der Waals surface area contributed by atoms with E-state index in [9.17, 15) is 0 Å². The lowest BCUT2D eigenvalue weighted by Crippen LogP contribution is -2.49. The molecule has 6 rings (SSSR count). The second-order valence-corrected chi connectivity index (χ2v) is 13.1. The molecule has 32 heavy (non-hydrogen) atoms. The molecule has 2 nitrogen and oxygen atoms in total. The SMILES string of the molecule is CN1CCc2ccc([C@H]3CC[C@H]4[C@@H]5CC[C@H]6C[C@@H](N(C)C)CC[C@@H]6[C@H]5CC[C@]34C)cc2C1. The quantitative estimate of drug-likeness (QED) is 0.536. The van der Waals surface area contributed by atoms with Crippen LogP contribution in [0.1, 0.15) is 87.3 Å². The highest BCUT2D eigenvalue weighted by Crippen LogP contribution is 2.66.